The molecule has 0 radical (unpaired) electrons. The number of tetrazole rings is 1. The van der Waals surface area contributed by atoms with Gasteiger partial charge in [-0.15, -0.1) is 10.2 Å². The van der Waals surface area contributed by atoms with Crippen molar-refractivity contribution in [3.05, 3.63) is 40.4 Å². The molecule has 0 saturated heterocycles. The standard InChI is InChI=1S/C10H8N6O/c1-6-3-2-4-16-9(6)11-5-7(10(16)17)8-12-14-15-13-8/h2-5H,1H3,(H,12,13,14,15)/i1D3,3D. The van der Waals surface area contributed by atoms with E-state index in [2.05, 4.69) is 25.6 Å². The molecule has 0 saturated carbocycles. The molecule has 0 aliphatic carbocycles. The summed E-state index contributed by atoms with van der Waals surface area (Å²) in [7, 11) is 0. The van der Waals surface area contributed by atoms with Crippen LogP contribution in [0.15, 0.2) is 29.3 Å². The highest BCUT2D eigenvalue weighted by Crippen LogP contribution is 2.09. The number of nitrogens with one attached hydrogen (secondary N) is 1. The second-order valence-electron chi connectivity index (χ2n) is 3.24. The summed E-state index contributed by atoms with van der Waals surface area (Å²) in [5, 5.41) is 13.0. The number of pyridine rings is 1. The summed E-state index contributed by atoms with van der Waals surface area (Å²) in [6.07, 6.45) is 2.48. The minimum absolute atomic E-state index is 0.0623. The van der Waals surface area contributed by atoms with Crippen molar-refractivity contribution in [1.29, 1.82) is 0 Å². The van der Waals surface area contributed by atoms with Gasteiger partial charge in [-0.25, -0.2) is 4.98 Å². The molecule has 84 valence electrons. The molecule has 17 heavy (non-hydrogen) atoms. The molecule has 0 atom stereocenters. The van der Waals surface area contributed by atoms with Crippen molar-refractivity contribution in [2.75, 3.05) is 0 Å². The van der Waals surface area contributed by atoms with Gasteiger partial charge >= 0.3 is 0 Å². The van der Waals surface area contributed by atoms with Crippen molar-refractivity contribution in [2.24, 2.45) is 0 Å². The Morgan fingerprint density at radius 2 is 2.53 bits per heavy atom. The Labute approximate surface area is 101 Å². The lowest BCUT2D eigenvalue weighted by atomic mass is 10.2. The molecule has 0 aliphatic rings. The summed E-state index contributed by atoms with van der Waals surface area (Å²) in [5.74, 6) is 0.0623. The van der Waals surface area contributed by atoms with Crippen molar-refractivity contribution in [1.82, 2.24) is 30.0 Å². The molecule has 3 heterocycles. The Hall–Kier alpha value is -2.57. The summed E-state index contributed by atoms with van der Waals surface area (Å²) in [4.78, 5) is 16.4. The summed E-state index contributed by atoms with van der Waals surface area (Å²) < 4.78 is 31.2. The zero-order valence-corrected chi connectivity index (χ0v) is 8.38. The van der Waals surface area contributed by atoms with Crippen molar-refractivity contribution >= 4 is 5.65 Å². The third-order valence-electron chi connectivity index (χ3n) is 2.25. The third kappa shape index (κ3) is 1.40. The average molecular weight is 232 g/mol. The highest BCUT2D eigenvalue weighted by molar-refractivity contribution is 5.55. The van der Waals surface area contributed by atoms with Crippen LogP contribution in [0.4, 0.5) is 0 Å². The van der Waals surface area contributed by atoms with Gasteiger partial charge < -0.3 is 0 Å². The Morgan fingerprint density at radius 3 is 3.29 bits per heavy atom. The predicted octanol–water partition coefficient (Wildman–Crippen LogP) is 0.183. The van der Waals surface area contributed by atoms with E-state index >= 15 is 0 Å². The third-order valence-corrected chi connectivity index (χ3v) is 2.25. The first kappa shape index (κ1) is 6.24. The van der Waals surface area contributed by atoms with E-state index in [1.807, 2.05) is 0 Å². The first-order chi connectivity index (χ1) is 9.89. The molecule has 0 aromatic carbocycles. The van der Waals surface area contributed by atoms with Gasteiger partial charge in [-0.3, -0.25) is 9.20 Å². The normalized spacial score (nSPS) is 15.1. The lowest BCUT2D eigenvalue weighted by Crippen LogP contribution is -2.17. The number of aryl methyl sites for hydroxylation is 1. The van der Waals surface area contributed by atoms with E-state index in [9.17, 15) is 4.79 Å². The first-order valence-corrected chi connectivity index (χ1v) is 4.65. The summed E-state index contributed by atoms with van der Waals surface area (Å²) in [6, 6.07) is 1.03. The van der Waals surface area contributed by atoms with Gasteiger partial charge in [0.2, 0.25) is 5.82 Å². The SMILES string of the molecule is [2H]c1ccn2c(=O)c(-c3nn[nH]n3)cnc2c1C([2H])([2H])[2H]. The molecule has 3 aromatic heterocycles. The fourth-order valence-corrected chi connectivity index (χ4v) is 1.48. The molecule has 0 unspecified atom stereocenters. The molecule has 0 amide bonds. The summed E-state index contributed by atoms with van der Waals surface area (Å²) in [6.45, 7) is -2.54. The molecule has 0 spiro atoms. The van der Waals surface area contributed by atoms with Crippen molar-refractivity contribution in [3.63, 3.8) is 0 Å². The second-order valence-corrected chi connectivity index (χ2v) is 3.24. The maximum atomic E-state index is 12.4. The minimum atomic E-state index is -2.54. The van der Waals surface area contributed by atoms with Crippen LogP contribution < -0.4 is 5.56 Å². The van der Waals surface area contributed by atoms with Gasteiger partial charge in [0.25, 0.3) is 5.56 Å². The first-order valence-electron chi connectivity index (χ1n) is 6.65. The van der Waals surface area contributed by atoms with Crippen LogP contribution in [0, 0.1) is 6.85 Å². The Kier molecular flexibility index (Phi) is 1.28. The van der Waals surface area contributed by atoms with E-state index in [4.69, 9.17) is 5.48 Å². The number of hydrogen-bond donors (Lipinski definition) is 1. The average Bonchev–Trinajstić information content (AvgIpc) is 2.91. The van der Waals surface area contributed by atoms with Crippen LogP contribution in [0.2, 0.25) is 0 Å². The maximum Gasteiger partial charge on any atom is 0.269 e. The van der Waals surface area contributed by atoms with Gasteiger partial charge in [0.15, 0.2) is 0 Å². The van der Waals surface area contributed by atoms with Gasteiger partial charge in [-0.1, -0.05) is 6.04 Å². The molecule has 0 bridgehead atoms. The van der Waals surface area contributed by atoms with Gasteiger partial charge in [-0.2, -0.15) is 5.21 Å². The van der Waals surface area contributed by atoms with E-state index in [1.54, 1.807) is 0 Å². The van der Waals surface area contributed by atoms with E-state index in [0.29, 0.717) is 0 Å². The monoisotopic (exact) mass is 232 g/mol. The molecule has 3 aromatic rings. The van der Waals surface area contributed by atoms with E-state index in [1.165, 1.54) is 18.5 Å². The molecule has 3 rings (SSSR count). The fourth-order valence-electron chi connectivity index (χ4n) is 1.48. The van der Waals surface area contributed by atoms with E-state index in [-0.39, 0.29) is 28.6 Å². The van der Waals surface area contributed by atoms with Gasteiger partial charge in [0.05, 0.1) is 1.37 Å². The summed E-state index contributed by atoms with van der Waals surface area (Å²) >= 11 is 0. The lowest BCUT2D eigenvalue weighted by Gasteiger charge is -2.03. The van der Waals surface area contributed by atoms with E-state index < -0.39 is 12.4 Å². The van der Waals surface area contributed by atoms with Gasteiger partial charge in [-0.05, 0) is 23.7 Å². The van der Waals surface area contributed by atoms with Crippen LogP contribution in [0.25, 0.3) is 17.0 Å². The highest BCUT2D eigenvalue weighted by atomic mass is 16.1. The van der Waals surface area contributed by atoms with Crippen LogP contribution in [0.5, 0.6) is 0 Å². The minimum Gasteiger partial charge on any atom is -0.268 e. The van der Waals surface area contributed by atoms with Gasteiger partial charge in [0.1, 0.15) is 11.2 Å². The zero-order chi connectivity index (χ0) is 15.2. The Bertz CT molecular complexity index is 870. The number of rotatable bonds is 1. The topological polar surface area (TPSA) is 88.8 Å². The molecular formula is C10H8N6O. The molecule has 1 N–H and O–H groups in total. The Morgan fingerprint density at radius 1 is 1.59 bits per heavy atom. The van der Waals surface area contributed by atoms with Crippen molar-refractivity contribution in [3.8, 4) is 11.4 Å². The van der Waals surface area contributed by atoms with Crippen LogP contribution in [-0.4, -0.2) is 30.0 Å². The maximum absolute atomic E-state index is 12.4. The number of aromatic nitrogens is 6. The number of aromatic amines is 1. The van der Waals surface area contributed by atoms with E-state index in [0.717, 1.165) is 4.40 Å². The van der Waals surface area contributed by atoms with Crippen molar-refractivity contribution < 1.29 is 5.48 Å². The quantitative estimate of drug-likeness (QED) is 0.646. The smallest absolute Gasteiger partial charge is 0.268 e. The molecule has 7 heteroatoms. The lowest BCUT2D eigenvalue weighted by molar-refractivity contribution is 0.881. The molecule has 7 nitrogen and oxygen atoms in total. The van der Waals surface area contributed by atoms with Crippen LogP contribution in [-0.2, 0) is 0 Å². The molecule has 0 fully saturated rings. The number of H-pyrrole nitrogens is 1. The largest absolute Gasteiger partial charge is 0.269 e. The Balaban J connectivity index is 2.38. The summed E-state index contributed by atoms with van der Waals surface area (Å²) in [5.41, 5.74) is -0.816. The molecule has 0 aliphatic heterocycles. The van der Waals surface area contributed by atoms with Crippen LogP contribution in [0.1, 0.15) is 11.0 Å². The zero-order valence-electron chi connectivity index (χ0n) is 12.4. The number of hydrogen-bond acceptors (Lipinski definition) is 5. The fraction of sp³-hybridized carbons (Fsp3) is 0.100. The number of nitrogens with zero attached hydrogens (tertiary/aromatic N) is 5. The second kappa shape index (κ2) is 3.48. The molecular weight excluding hydrogens is 220 g/mol. The predicted molar refractivity (Wildman–Crippen MR) is 59.4 cm³/mol. The van der Waals surface area contributed by atoms with Crippen molar-refractivity contribution in [2.45, 2.75) is 6.85 Å². The van der Waals surface area contributed by atoms with Crippen LogP contribution >= 0.6 is 0 Å². The number of fused-ring (bicyclic) bond motifs is 1. The van der Waals surface area contributed by atoms with Crippen LogP contribution in [0.3, 0.4) is 0 Å². The highest BCUT2D eigenvalue weighted by Gasteiger charge is 2.11. The van der Waals surface area contributed by atoms with Gasteiger partial charge in [0, 0.05) is 16.5 Å².